The van der Waals surface area contributed by atoms with Gasteiger partial charge < -0.3 is 10.3 Å². The van der Waals surface area contributed by atoms with E-state index < -0.39 is 0 Å². The van der Waals surface area contributed by atoms with Crippen LogP contribution in [0.3, 0.4) is 0 Å². The van der Waals surface area contributed by atoms with Crippen LogP contribution in [0.4, 0.5) is 4.39 Å². The van der Waals surface area contributed by atoms with Gasteiger partial charge in [-0.2, -0.15) is 10.1 Å². The molecule has 4 heterocycles. The first-order chi connectivity index (χ1) is 14.1. The zero-order valence-electron chi connectivity index (χ0n) is 15.7. The van der Waals surface area contributed by atoms with Gasteiger partial charge in [0.2, 0.25) is 11.7 Å². The van der Waals surface area contributed by atoms with Crippen molar-refractivity contribution in [1.29, 1.82) is 0 Å². The highest BCUT2D eigenvalue weighted by Crippen LogP contribution is 2.33. The van der Waals surface area contributed by atoms with Crippen LogP contribution in [-0.2, 0) is 13.1 Å². The van der Waals surface area contributed by atoms with Crippen molar-refractivity contribution in [2.75, 3.05) is 20.1 Å². The Morgan fingerprint density at radius 2 is 2.21 bits per heavy atom. The van der Waals surface area contributed by atoms with Crippen LogP contribution in [0.2, 0.25) is 0 Å². The molecule has 0 bridgehead atoms. The van der Waals surface area contributed by atoms with Crippen molar-refractivity contribution in [3.8, 4) is 28.6 Å². The van der Waals surface area contributed by atoms with Gasteiger partial charge in [-0.1, -0.05) is 5.16 Å². The molecule has 1 aromatic carbocycles. The van der Waals surface area contributed by atoms with Crippen molar-refractivity contribution in [2.24, 2.45) is 5.73 Å². The van der Waals surface area contributed by atoms with Crippen molar-refractivity contribution in [3.05, 3.63) is 48.3 Å². The molecule has 1 aliphatic rings. The van der Waals surface area contributed by atoms with Crippen LogP contribution in [-0.4, -0.2) is 59.5 Å². The second-order valence-electron chi connectivity index (χ2n) is 6.85. The summed E-state index contributed by atoms with van der Waals surface area (Å²) in [4.78, 5) is 15.3. The van der Waals surface area contributed by atoms with E-state index in [1.165, 1.54) is 18.5 Å². The Morgan fingerprint density at radius 3 is 3.07 bits per heavy atom. The third kappa shape index (κ3) is 3.00. The average Bonchev–Trinajstić information content (AvgIpc) is 3.41. The zero-order valence-corrected chi connectivity index (χ0v) is 15.7. The summed E-state index contributed by atoms with van der Waals surface area (Å²) in [5, 5.41) is 8.38. The summed E-state index contributed by atoms with van der Waals surface area (Å²) in [6.45, 7) is 2.15. The van der Waals surface area contributed by atoms with Crippen molar-refractivity contribution >= 4 is 0 Å². The Balaban J connectivity index is 1.58. The number of rotatable bonds is 5. The van der Waals surface area contributed by atoms with E-state index >= 15 is 0 Å². The normalized spacial score (nSPS) is 12.6. The summed E-state index contributed by atoms with van der Waals surface area (Å²) >= 11 is 0. The number of nitrogens with zero attached hydrogens (tertiary/aromatic N) is 8. The predicted octanol–water partition coefficient (Wildman–Crippen LogP) is 1.07. The maximum absolute atomic E-state index is 13.9. The van der Waals surface area contributed by atoms with Gasteiger partial charge in [0, 0.05) is 18.7 Å². The second kappa shape index (κ2) is 6.87. The Morgan fingerprint density at radius 1 is 1.31 bits per heavy atom. The van der Waals surface area contributed by atoms with E-state index in [2.05, 4.69) is 25.2 Å². The Kier molecular flexibility index (Phi) is 4.18. The number of aromatic nitrogens is 7. The van der Waals surface area contributed by atoms with E-state index in [0.717, 1.165) is 17.9 Å². The molecule has 10 nitrogen and oxygen atoms in total. The third-order valence-electron chi connectivity index (χ3n) is 4.84. The van der Waals surface area contributed by atoms with Gasteiger partial charge in [-0.05, 0) is 25.2 Å². The fourth-order valence-corrected chi connectivity index (χ4v) is 3.49. The quantitative estimate of drug-likeness (QED) is 0.470. The van der Waals surface area contributed by atoms with Gasteiger partial charge in [0.15, 0.2) is 5.82 Å². The number of fused-ring (bicyclic) bond motifs is 5. The smallest absolute Gasteiger partial charge is 0.241 e. The van der Waals surface area contributed by atoms with Gasteiger partial charge in [-0.15, -0.1) is 0 Å². The first-order valence-corrected chi connectivity index (χ1v) is 9.10. The molecule has 3 aromatic heterocycles. The molecule has 29 heavy (non-hydrogen) atoms. The highest BCUT2D eigenvalue weighted by molar-refractivity contribution is 5.70. The molecule has 2 N–H and O–H groups in total. The summed E-state index contributed by atoms with van der Waals surface area (Å²) in [7, 11) is 1.93. The van der Waals surface area contributed by atoms with Crippen LogP contribution in [0, 0.1) is 5.82 Å². The molecule has 0 atom stereocenters. The average molecular weight is 395 g/mol. The number of benzene rings is 1. The highest BCUT2D eigenvalue weighted by Gasteiger charge is 2.26. The molecule has 0 saturated carbocycles. The third-order valence-corrected chi connectivity index (χ3v) is 4.84. The topological polar surface area (TPSA) is 117 Å². The van der Waals surface area contributed by atoms with Crippen molar-refractivity contribution in [3.63, 3.8) is 0 Å². The number of hydrogen-bond donors (Lipinski definition) is 1. The SMILES string of the molecule is CN(CCN)Cc1nc(-c2ncn3c2Cn2ncnc2-c2cc(F)ccc2-3)no1. The van der Waals surface area contributed by atoms with Gasteiger partial charge in [0.1, 0.15) is 24.2 Å². The van der Waals surface area contributed by atoms with Crippen LogP contribution >= 0.6 is 0 Å². The molecule has 1 aliphatic heterocycles. The number of likely N-dealkylation sites (N-methyl/N-ethyl adjacent to an activating group) is 1. The molecule has 0 amide bonds. The summed E-state index contributed by atoms with van der Waals surface area (Å²) < 4.78 is 22.9. The van der Waals surface area contributed by atoms with Crippen molar-refractivity contribution in [1.82, 2.24) is 39.4 Å². The summed E-state index contributed by atoms with van der Waals surface area (Å²) in [5.74, 6) is 1.12. The minimum absolute atomic E-state index is 0.341. The van der Waals surface area contributed by atoms with Crippen molar-refractivity contribution in [2.45, 2.75) is 13.1 Å². The second-order valence-corrected chi connectivity index (χ2v) is 6.85. The maximum Gasteiger partial charge on any atom is 0.241 e. The Hall–Kier alpha value is -3.44. The fourth-order valence-electron chi connectivity index (χ4n) is 3.49. The van der Waals surface area contributed by atoms with E-state index in [0.29, 0.717) is 48.4 Å². The summed E-state index contributed by atoms with van der Waals surface area (Å²) in [5.41, 5.74) is 8.37. The minimum Gasteiger partial charge on any atom is -0.337 e. The molecule has 0 saturated heterocycles. The lowest BCUT2D eigenvalue weighted by Crippen LogP contribution is -2.25. The van der Waals surface area contributed by atoms with Crippen LogP contribution in [0.5, 0.6) is 0 Å². The Bertz CT molecular complexity index is 1180. The first kappa shape index (κ1) is 17.6. The molecule has 11 heteroatoms. The molecule has 148 valence electrons. The standard InChI is InChI=1S/C18H18FN9O/c1-26(5-4-20)8-15-24-17(25-29-15)16-14-7-28-18(21-9-23-28)12-6-11(19)2-3-13(12)27(14)10-22-16/h2-3,6,9-10H,4-5,7-8,20H2,1H3. The van der Waals surface area contributed by atoms with E-state index in [4.69, 9.17) is 10.3 Å². The van der Waals surface area contributed by atoms with E-state index in [1.54, 1.807) is 17.1 Å². The minimum atomic E-state index is -0.341. The van der Waals surface area contributed by atoms with Crippen LogP contribution in [0.15, 0.2) is 35.4 Å². The van der Waals surface area contributed by atoms with Gasteiger partial charge in [0.25, 0.3) is 0 Å². The number of nitrogens with two attached hydrogens (primary N) is 1. The molecular weight excluding hydrogens is 377 g/mol. The lowest BCUT2D eigenvalue weighted by molar-refractivity contribution is 0.272. The van der Waals surface area contributed by atoms with Gasteiger partial charge >= 0.3 is 0 Å². The lowest BCUT2D eigenvalue weighted by Gasteiger charge is -2.11. The zero-order chi connectivity index (χ0) is 20.0. The van der Waals surface area contributed by atoms with Crippen LogP contribution in [0.1, 0.15) is 11.6 Å². The maximum atomic E-state index is 13.9. The van der Waals surface area contributed by atoms with Crippen LogP contribution in [0.25, 0.3) is 28.6 Å². The number of halogens is 1. The molecule has 5 rings (SSSR count). The molecule has 0 unspecified atom stereocenters. The predicted molar refractivity (Wildman–Crippen MR) is 100 cm³/mol. The van der Waals surface area contributed by atoms with Gasteiger partial charge in [0.05, 0.1) is 24.5 Å². The van der Waals surface area contributed by atoms with Gasteiger partial charge in [-0.25, -0.2) is 19.0 Å². The van der Waals surface area contributed by atoms with Gasteiger partial charge in [-0.3, -0.25) is 9.47 Å². The lowest BCUT2D eigenvalue weighted by atomic mass is 10.1. The number of imidazole rings is 1. The first-order valence-electron chi connectivity index (χ1n) is 9.10. The summed E-state index contributed by atoms with van der Waals surface area (Å²) in [6, 6.07) is 4.56. The number of hydrogen-bond acceptors (Lipinski definition) is 8. The highest BCUT2D eigenvalue weighted by atomic mass is 19.1. The van der Waals surface area contributed by atoms with Crippen LogP contribution < -0.4 is 5.73 Å². The molecule has 4 aromatic rings. The molecular formula is C18H18FN9O. The molecule has 0 spiro atoms. The molecule has 0 aliphatic carbocycles. The molecule has 0 radical (unpaired) electrons. The Labute approximate surface area is 164 Å². The fraction of sp³-hybridized carbons (Fsp3) is 0.278. The van der Waals surface area contributed by atoms with E-state index in [9.17, 15) is 4.39 Å². The molecule has 0 fully saturated rings. The monoisotopic (exact) mass is 395 g/mol. The van der Waals surface area contributed by atoms with Crippen molar-refractivity contribution < 1.29 is 8.91 Å². The van der Waals surface area contributed by atoms with E-state index in [-0.39, 0.29) is 5.82 Å². The van der Waals surface area contributed by atoms with E-state index in [1.807, 2.05) is 16.5 Å². The largest absolute Gasteiger partial charge is 0.337 e. The summed E-state index contributed by atoms with van der Waals surface area (Å²) in [6.07, 6.45) is 3.12.